The number of carbonyl (C=O) groups is 1. The van der Waals surface area contributed by atoms with E-state index in [1.807, 2.05) is 19.1 Å². The summed E-state index contributed by atoms with van der Waals surface area (Å²) in [6, 6.07) is 14.1. The molecule has 0 aliphatic rings. The van der Waals surface area contributed by atoms with Crippen molar-refractivity contribution in [3.63, 3.8) is 0 Å². The highest BCUT2D eigenvalue weighted by molar-refractivity contribution is 7.94. The highest BCUT2D eigenvalue weighted by Gasteiger charge is 2.22. The van der Waals surface area contributed by atoms with Crippen LogP contribution in [0.25, 0.3) is 0 Å². The Balaban J connectivity index is 1.77. The molecule has 0 atom stereocenters. The summed E-state index contributed by atoms with van der Waals surface area (Å²) < 4.78 is 27.2. The van der Waals surface area contributed by atoms with Crippen LogP contribution < -0.4 is 10.0 Å². The number of nitrogens with zero attached hydrogens (tertiary/aromatic N) is 2. The number of rotatable bonds is 5. The fourth-order valence-electron chi connectivity index (χ4n) is 2.20. The molecule has 0 bridgehead atoms. The van der Waals surface area contributed by atoms with Gasteiger partial charge in [0.1, 0.15) is 0 Å². The van der Waals surface area contributed by atoms with E-state index in [9.17, 15) is 13.2 Å². The van der Waals surface area contributed by atoms with Gasteiger partial charge in [-0.25, -0.2) is 0 Å². The molecule has 0 fully saturated rings. The zero-order valence-corrected chi connectivity index (χ0v) is 15.7. The summed E-state index contributed by atoms with van der Waals surface area (Å²) in [5.74, 6) is -0.374. The Morgan fingerprint density at radius 3 is 2.54 bits per heavy atom. The molecule has 0 saturated heterocycles. The molecular weight excluding hydrogens is 372 g/mol. The number of aromatic nitrogens is 2. The standard InChI is InChI=1S/C17H16N4O3S2/c1-11-6-5-8-13(10-11)15(22)18-16-19-20-17(25-16)26(23,24)21-14-9-4-3-7-12(14)2/h3-10,21H,1-2H3,(H,18,19,22). The minimum atomic E-state index is -3.88. The minimum absolute atomic E-state index is 0.113. The van der Waals surface area contributed by atoms with E-state index in [1.165, 1.54) is 0 Å². The number of hydrogen-bond acceptors (Lipinski definition) is 6. The van der Waals surface area contributed by atoms with E-state index in [1.54, 1.807) is 43.3 Å². The smallest absolute Gasteiger partial charge is 0.291 e. The number of aryl methyl sites for hydroxylation is 2. The Bertz CT molecular complexity index is 1060. The average molecular weight is 388 g/mol. The predicted molar refractivity (Wildman–Crippen MR) is 101 cm³/mol. The van der Waals surface area contributed by atoms with Gasteiger partial charge in [-0.15, -0.1) is 10.2 Å². The largest absolute Gasteiger partial charge is 0.296 e. The summed E-state index contributed by atoms with van der Waals surface area (Å²) in [6.07, 6.45) is 0. The van der Waals surface area contributed by atoms with Crippen molar-refractivity contribution < 1.29 is 13.2 Å². The van der Waals surface area contributed by atoms with Crippen LogP contribution in [0.4, 0.5) is 10.8 Å². The van der Waals surface area contributed by atoms with Crippen LogP contribution in [0.15, 0.2) is 52.9 Å². The Hall–Kier alpha value is -2.78. The van der Waals surface area contributed by atoms with E-state index in [2.05, 4.69) is 20.2 Å². The second kappa shape index (κ2) is 7.22. The first-order valence-corrected chi connectivity index (χ1v) is 9.95. The second-order valence-corrected chi connectivity index (χ2v) is 8.45. The van der Waals surface area contributed by atoms with Crippen molar-refractivity contribution in [1.82, 2.24) is 10.2 Å². The van der Waals surface area contributed by atoms with Crippen LogP contribution in [0.1, 0.15) is 21.5 Å². The highest BCUT2D eigenvalue weighted by Crippen LogP contribution is 2.24. The van der Waals surface area contributed by atoms with Crippen LogP contribution in [0.5, 0.6) is 0 Å². The van der Waals surface area contributed by atoms with Crippen LogP contribution in [-0.4, -0.2) is 24.5 Å². The molecule has 2 aromatic carbocycles. The normalized spacial score (nSPS) is 11.2. The fraction of sp³-hybridized carbons (Fsp3) is 0.118. The molecule has 1 heterocycles. The quantitative estimate of drug-likeness (QED) is 0.654. The summed E-state index contributed by atoms with van der Waals surface area (Å²) in [4.78, 5) is 12.2. The summed E-state index contributed by atoms with van der Waals surface area (Å²) in [6.45, 7) is 3.68. The first kappa shape index (κ1) is 18.0. The van der Waals surface area contributed by atoms with Gasteiger partial charge >= 0.3 is 0 Å². The van der Waals surface area contributed by atoms with E-state index in [0.717, 1.165) is 22.5 Å². The SMILES string of the molecule is Cc1cccc(C(=O)Nc2nnc(S(=O)(=O)Nc3ccccc3C)s2)c1. The first-order chi connectivity index (χ1) is 12.3. The number of anilines is 2. The first-order valence-electron chi connectivity index (χ1n) is 7.65. The lowest BCUT2D eigenvalue weighted by Gasteiger charge is -2.07. The number of hydrogen-bond donors (Lipinski definition) is 2. The van der Waals surface area contributed by atoms with Gasteiger partial charge in [-0.1, -0.05) is 47.2 Å². The summed E-state index contributed by atoms with van der Waals surface area (Å²) in [5.41, 5.74) is 2.66. The van der Waals surface area contributed by atoms with E-state index in [0.29, 0.717) is 11.3 Å². The molecule has 2 N–H and O–H groups in total. The second-order valence-electron chi connectivity index (χ2n) is 5.62. The zero-order valence-electron chi connectivity index (χ0n) is 14.1. The minimum Gasteiger partial charge on any atom is -0.296 e. The third-order valence-electron chi connectivity index (χ3n) is 3.53. The number of sulfonamides is 1. The van der Waals surface area contributed by atoms with Crippen molar-refractivity contribution in [2.24, 2.45) is 0 Å². The molecule has 0 aliphatic carbocycles. The molecule has 7 nitrogen and oxygen atoms in total. The topological polar surface area (TPSA) is 101 Å². The maximum absolute atomic E-state index is 12.5. The van der Waals surface area contributed by atoms with E-state index < -0.39 is 10.0 Å². The molecule has 0 spiro atoms. The Labute approximate surface area is 155 Å². The van der Waals surface area contributed by atoms with Gasteiger partial charge in [-0.3, -0.25) is 14.8 Å². The van der Waals surface area contributed by atoms with Gasteiger partial charge in [-0.2, -0.15) is 8.42 Å². The van der Waals surface area contributed by atoms with Crippen LogP contribution in [0, 0.1) is 13.8 Å². The van der Waals surface area contributed by atoms with Gasteiger partial charge in [0.05, 0.1) is 5.69 Å². The number of nitrogens with one attached hydrogen (secondary N) is 2. The number of carbonyl (C=O) groups excluding carboxylic acids is 1. The van der Waals surface area contributed by atoms with Crippen LogP contribution in [0.3, 0.4) is 0 Å². The molecule has 3 rings (SSSR count). The summed E-state index contributed by atoms with van der Waals surface area (Å²) >= 11 is 0.787. The molecule has 0 aliphatic heterocycles. The van der Waals surface area contributed by atoms with Gasteiger partial charge in [0.15, 0.2) is 0 Å². The molecule has 0 saturated carbocycles. The van der Waals surface area contributed by atoms with E-state index in [4.69, 9.17) is 0 Å². The number of benzene rings is 2. The molecule has 26 heavy (non-hydrogen) atoms. The molecule has 0 radical (unpaired) electrons. The van der Waals surface area contributed by atoms with Gasteiger partial charge in [-0.05, 0) is 37.6 Å². The van der Waals surface area contributed by atoms with Crippen molar-refractivity contribution in [2.45, 2.75) is 18.2 Å². The van der Waals surface area contributed by atoms with Crippen molar-refractivity contribution in [1.29, 1.82) is 0 Å². The van der Waals surface area contributed by atoms with Crippen molar-refractivity contribution in [3.05, 3.63) is 65.2 Å². The molecule has 1 amide bonds. The summed E-state index contributed by atoms with van der Waals surface area (Å²) in [7, 11) is -3.88. The van der Waals surface area contributed by atoms with Crippen molar-refractivity contribution >= 4 is 38.1 Å². The molecule has 3 aromatic rings. The molecule has 9 heteroatoms. The Morgan fingerprint density at radius 1 is 1.04 bits per heavy atom. The lowest BCUT2D eigenvalue weighted by Crippen LogP contribution is -2.13. The van der Waals surface area contributed by atoms with E-state index >= 15 is 0 Å². The molecule has 1 aromatic heterocycles. The monoisotopic (exact) mass is 388 g/mol. The van der Waals surface area contributed by atoms with Crippen molar-refractivity contribution in [3.8, 4) is 0 Å². The maximum Gasteiger partial charge on any atom is 0.291 e. The molecular formula is C17H16N4O3S2. The van der Waals surface area contributed by atoms with E-state index in [-0.39, 0.29) is 15.4 Å². The fourth-order valence-corrected chi connectivity index (χ4v) is 4.23. The van der Waals surface area contributed by atoms with Crippen molar-refractivity contribution in [2.75, 3.05) is 10.0 Å². The average Bonchev–Trinajstić information content (AvgIpc) is 3.06. The van der Waals surface area contributed by atoms with Gasteiger partial charge in [0.2, 0.25) is 5.13 Å². The third kappa shape index (κ3) is 4.06. The third-order valence-corrected chi connectivity index (χ3v) is 6.10. The number of para-hydroxylation sites is 1. The lowest BCUT2D eigenvalue weighted by molar-refractivity contribution is 0.102. The molecule has 134 valence electrons. The Morgan fingerprint density at radius 2 is 1.81 bits per heavy atom. The van der Waals surface area contributed by atoms with Crippen LogP contribution in [0.2, 0.25) is 0 Å². The lowest BCUT2D eigenvalue weighted by atomic mass is 10.1. The van der Waals surface area contributed by atoms with Crippen LogP contribution in [-0.2, 0) is 10.0 Å². The number of amides is 1. The zero-order chi connectivity index (χ0) is 18.7. The van der Waals surface area contributed by atoms with Crippen LogP contribution >= 0.6 is 11.3 Å². The Kier molecular flexibility index (Phi) is 5.01. The molecule has 0 unspecified atom stereocenters. The van der Waals surface area contributed by atoms with Gasteiger partial charge in [0.25, 0.3) is 20.3 Å². The maximum atomic E-state index is 12.5. The van der Waals surface area contributed by atoms with Gasteiger partial charge in [0, 0.05) is 5.56 Å². The highest BCUT2D eigenvalue weighted by atomic mass is 32.2. The summed E-state index contributed by atoms with van der Waals surface area (Å²) in [5, 5.41) is 10.1. The predicted octanol–water partition coefficient (Wildman–Crippen LogP) is 3.21. The van der Waals surface area contributed by atoms with Gasteiger partial charge < -0.3 is 0 Å².